The highest BCUT2D eigenvalue weighted by Gasteiger charge is 2.33. The minimum atomic E-state index is -0.706. The number of hydrogen-bond donors (Lipinski definition) is 2. The van der Waals surface area contributed by atoms with Crippen LogP contribution in [0.5, 0.6) is 11.5 Å². The standard InChI is InChI=1S/C19H28N2O4/c1-12-8-13(11-19(2,3)10-12)20-17(22)18(23)21-15-9-14(24-4)6-7-16(15)25-5/h6-7,9,12-13H,8,10-11H2,1-5H3,(H,20,22)(H,21,23)/t12-,13-/m0/s1. The van der Waals surface area contributed by atoms with E-state index in [9.17, 15) is 9.59 Å². The van der Waals surface area contributed by atoms with Crippen LogP contribution in [0.3, 0.4) is 0 Å². The fraction of sp³-hybridized carbons (Fsp3) is 0.579. The monoisotopic (exact) mass is 348 g/mol. The topological polar surface area (TPSA) is 76.7 Å². The molecule has 2 atom stereocenters. The van der Waals surface area contributed by atoms with Gasteiger partial charge in [-0.25, -0.2) is 0 Å². The number of carbonyl (C=O) groups excluding carboxylic acids is 2. The van der Waals surface area contributed by atoms with E-state index in [0.717, 1.165) is 19.3 Å². The lowest BCUT2D eigenvalue weighted by Gasteiger charge is -2.39. The van der Waals surface area contributed by atoms with Gasteiger partial charge < -0.3 is 20.1 Å². The van der Waals surface area contributed by atoms with Gasteiger partial charge in [-0.1, -0.05) is 20.8 Å². The molecule has 0 heterocycles. The second-order valence-electron chi connectivity index (χ2n) is 7.60. The second-order valence-corrected chi connectivity index (χ2v) is 7.60. The van der Waals surface area contributed by atoms with E-state index in [1.807, 2.05) is 0 Å². The summed E-state index contributed by atoms with van der Waals surface area (Å²) in [5, 5.41) is 5.47. The van der Waals surface area contributed by atoms with Gasteiger partial charge in [-0.15, -0.1) is 0 Å². The Labute approximate surface area is 149 Å². The third-order valence-corrected chi connectivity index (χ3v) is 4.58. The third-order valence-electron chi connectivity index (χ3n) is 4.58. The van der Waals surface area contributed by atoms with Gasteiger partial charge in [-0.2, -0.15) is 0 Å². The van der Waals surface area contributed by atoms with E-state index in [1.54, 1.807) is 18.2 Å². The number of nitrogens with one attached hydrogen (secondary N) is 2. The van der Waals surface area contributed by atoms with Gasteiger partial charge in [-0.05, 0) is 42.7 Å². The van der Waals surface area contributed by atoms with Crippen LogP contribution in [-0.2, 0) is 9.59 Å². The van der Waals surface area contributed by atoms with Gasteiger partial charge in [0.25, 0.3) is 0 Å². The number of methoxy groups -OCH3 is 2. The summed E-state index contributed by atoms with van der Waals surface area (Å²) < 4.78 is 10.4. The SMILES string of the molecule is COc1ccc(OC)c(NC(=O)C(=O)N[C@H]2C[C@H](C)CC(C)(C)C2)c1. The molecule has 0 aliphatic heterocycles. The average molecular weight is 348 g/mol. The van der Waals surface area contributed by atoms with Crippen LogP contribution in [0.15, 0.2) is 18.2 Å². The molecule has 1 aliphatic carbocycles. The molecule has 0 spiro atoms. The molecule has 0 aromatic heterocycles. The van der Waals surface area contributed by atoms with Crippen LogP contribution in [0.25, 0.3) is 0 Å². The molecule has 1 fully saturated rings. The highest BCUT2D eigenvalue weighted by Crippen LogP contribution is 2.38. The predicted octanol–water partition coefficient (Wildman–Crippen LogP) is 2.97. The fourth-order valence-electron chi connectivity index (χ4n) is 3.80. The summed E-state index contributed by atoms with van der Waals surface area (Å²) >= 11 is 0. The first kappa shape index (κ1) is 19.1. The third kappa shape index (κ3) is 5.11. The van der Waals surface area contributed by atoms with Gasteiger partial charge in [0.1, 0.15) is 11.5 Å². The van der Waals surface area contributed by atoms with Crippen LogP contribution >= 0.6 is 0 Å². The van der Waals surface area contributed by atoms with E-state index in [1.165, 1.54) is 14.2 Å². The molecule has 2 N–H and O–H groups in total. The van der Waals surface area contributed by atoms with Crippen molar-refractivity contribution in [3.05, 3.63) is 18.2 Å². The summed E-state index contributed by atoms with van der Waals surface area (Å²) in [4.78, 5) is 24.6. The lowest BCUT2D eigenvalue weighted by molar-refractivity contribution is -0.137. The number of anilines is 1. The summed E-state index contributed by atoms with van der Waals surface area (Å²) in [5.41, 5.74) is 0.571. The Morgan fingerprint density at radius 3 is 2.44 bits per heavy atom. The van der Waals surface area contributed by atoms with E-state index in [2.05, 4.69) is 31.4 Å². The number of ether oxygens (including phenoxy) is 2. The van der Waals surface area contributed by atoms with Crippen LogP contribution < -0.4 is 20.1 Å². The van der Waals surface area contributed by atoms with Crippen LogP contribution in [0.4, 0.5) is 5.69 Å². The van der Waals surface area contributed by atoms with Crippen LogP contribution in [0.2, 0.25) is 0 Å². The van der Waals surface area contributed by atoms with Crippen molar-refractivity contribution in [3.63, 3.8) is 0 Å². The van der Waals surface area contributed by atoms with Gasteiger partial charge in [0.05, 0.1) is 19.9 Å². The molecule has 2 amide bonds. The number of hydrogen-bond acceptors (Lipinski definition) is 4. The van der Waals surface area contributed by atoms with Crippen molar-refractivity contribution in [2.45, 2.75) is 46.1 Å². The molecule has 25 heavy (non-hydrogen) atoms. The smallest absolute Gasteiger partial charge is 0.313 e. The Morgan fingerprint density at radius 1 is 1.12 bits per heavy atom. The number of rotatable bonds is 4. The highest BCUT2D eigenvalue weighted by molar-refractivity contribution is 6.39. The molecular formula is C19H28N2O4. The van der Waals surface area contributed by atoms with Crippen molar-refractivity contribution < 1.29 is 19.1 Å². The van der Waals surface area contributed by atoms with E-state index >= 15 is 0 Å². The predicted molar refractivity (Wildman–Crippen MR) is 96.9 cm³/mol. The minimum absolute atomic E-state index is 0.0178. The zero-order valence-electron chi connectivity index (χ0n) is 15.6. The Bertz CT molecular complexity index is 642. The van der Waals surface area contributed by atoms with Crippen LogP contribution in [-0.4, -0.2) is 32.1 Å². The number of carbonyl (C=O) groups is 2. The van der Waals surface area contributed by atoms with E-state index in [0.29, 0.717) is 23.1 Å². The zero-order valence-corrected chi connectivity index (χ0v) is 15.6. The molecule has 6 heteroatoms. The van der Waals surface area contributed by atoms with E-state index in [-0.39, 0.29) is 11.5 Å². The van der Waals surface area contributed by atoms with Gasteiger partial charge in [0.15, 0.2) is 0 Å². The molecule has 1 saturated carbocycles. The molecule has 0 radical (unpaired) electrons. The molecule has 0 bridgehead atoms. The fourth-order valence-corrected chi connectivity index (χ4v) is 3.80. The molecular weight excluding hydrogens is 320 g/mol. The van der Waals surface area contributed by atoms with Crippen LogP contribution in [0.1, 0.15) is 40.0 Å². The van der Waals surface area contributed by atoms with Crippen molar-refractivity contribution in [1.29, 1.82) is 0 Å². The average Bonchev–Trinajstić information content (AvgIpc) is 2.52. The first-order valence-electron chi connectivity index (χ1n) is 8.58. The molecule has 1 aliphatic rings. The van der Waals surface area contributed by atoms with E-state index in [4.69, 9.17) is 9.47 Å². The number of benzene rings is 1. The quantitative estimate of drug-likeness (QED) is 0.820. The largest absolute Gasteiger partial charge is 0.497 e. The van der Waals surface area contributed by atoms with Gasteiger partial charge in [-0.3, -0.25) is 9.59 Å². The molecule has 138 valence electrons. The van der Waals surface area contributed by atoms with Gasteiger partial charge in [0, 0.05) is 12.1 Å². The van der Waals surface area contributed by atoms with Crippen molar-refractivity contribution in [3.8, 4) is 11.5 Å². The summed E-state index contributed by atoms with van der Waals surface area (Å²) in [6.45, 7) is 6.58. The Balaban J connectivity index is 2.02. The Kier molecular flexibility index (Phi) is 5.93. The summed E-state index contributed by atoms with van der Waals surface area (Å²) in [6, 6.07) is 5.04. The summed E-state index contributed by atoms with van der Waals surface area (Å²) in [7, 11) is 3.04. The Hall–Kier alpha value is -2.24. The molecule has 0 unspecified atom stereocenters. The van der Waals surface area contributed by atoms with Crippen molar-refractivity contribution in [2.24, 2.45) is 11.3 Å². The highest BCUT2D eigenvalue weighted by atomic mass is 16.5. The second kappa shape index (κ2) is 7.76. The van der Waals surface area contributed by atoms with Gasteiger partial charge in [0.2, 0.25) is 0 Å². The maximum Gasteiger partial charge on any atom is 0.313 e. The Morgan fingerprint density at radius 2 is 1.84 bits per heavy atom. The molecule has 2 rings (SSSR count). The number of amides is 2. The first-order valence-corrected chi connectivity index (χ1v) is 8.58. The summed E-state index contributed by atoms with van der Waals surface area (Å²) in [6.07, 6.45) is 2.90. The summed E-state index contributed by atoms with van der Waals surface area (Å²) in [5.74, 6) is 0.228. The molecule has 0 saturated heterocycles. The van der Waals surface area contributed by atoms with Gasteiger partial charge >= 0.3 is 11.8 Å². The lowest BCUT2D eigenvalue weighted by Crippen LogP contribution is -2.46. The lowest BCUT2D eigenvalue weighted by atomic mass is 9.70. The molecule has 1 aromatic rings. The molecule has 1 aromatic carbocycles. The normalized spacial score (nSPS) is 22.0. The first-order chi connectivity index (χ1) is 11.7. The van der Waals surface area contributed by atoms with E-state index < -0.39 is 11.8 Å². The zero-order chi connectivity index (χ0) is 18.6. The van der Waals surface area contributed by atoms with Crippen molar-refractivity contribution in [1.82, 2.24) is 5.32 Å². The minimum Gasteiger partial charge on any atom is -0.497 e. The maximum atomic E-state index is 12.3. The van der Waals surface area contributed by atoms with Crippen molar-refractivity contribution >= 4 is 17.5 Å². The van der Waals surface area contributed by atoms with Crippen LogP contribution in [0, 0.1) is 11.3 Å². The van der Waals surface area contributed by atoms with Crippen molar-refractivity contribution in [2.75, 3.05) is 19.5 Å². The maximum absolute atomic E-state index is 12.3. The molecule has 6 nitrogen and oxygen atoms in total.